The van der Waals surface area contributed by atoms with Crippen molar-refractivity contribution in [2.24, 2.45) is 11.7 Å². The van der Waals surface area contributed by atoms with E-state index in [4.69, 9.17) is 5.73 Å². The van der Waals surface area contributed by atoms with E-state index >= 15 is 0 Å². The molecular weight excluding hydrogens is 228 g/mol. The second-order valence-corrected chi connectivity index (χ2v) is 5.06. The predicted molar refractivity (Wildman–Crippen MR) is 63.5 cm³/mol. The summed E-state index contributed by atoms with van der Waals surface area (Å²) in [7, 11) is 0. The van der Waals surface area contributed by atoms with E-state index in [1.807, 2.05) is 13.8 Å². The van der Waals surface area contributed by atoms with Crippen molar-refractivity contribution in [1.82, 2.24) is 5.32 Å². The van der Waals surface area contributed by atoms with E-state index in [0.29, 0.717) is 24.6 Å². The van der Waals surface area contributed by atoms with Crippen LogP contribution < -0.4 is 11.1 Å². The number of hydrogen-bond donors (Lipinski definition) is 2. The third-order valence-corrected chi connectivity index (χ3v) is 2.76. The summed E-state index contributed by atoms with van der Waals surface area (Å²) in [6.45, 7) is 4.44. The first kappa shape index (κ1) is 15.2. The summed E-state index contributed by atoms with van der Waals surface area (Å²) in [5.74, 6) is -0.383. The van der Waals surface area contributed by atoms with E-state index in [1.54, 1.807) is 0 Å². The average molecular weight is 247 g/mol. The molecule has 0 aromatic carbocycles. The Hall–Kier alpha value is -0.750. The van der Waals surface area contributed by atoms with Crippen molar-refractivity contribution >= 4 is 23.6 Å². The van der Waals surface area contributed by atoms with Crippen LogP contribution in [0.4, 0.5) is 0 Å². The fourth-order valence-corrected chi connectivity index (χ4v) is 1.71. The number of carbonyl (C=O) groups is 2. The Bertz CT molecular complexity index is 234. The van der Waals surface area contributed by atoms with E-state index < -0.39 is 12.0 Å². The fourth-order valence-electron chi connectivity index (χ4n) is 1.15. The molecule has 1 amide bonds. The van der Waals surface area contributed by atoms with Gasteiger partial charge in [-0.2, -0.15) is 0 Å². The van der Waals surface area contributed by atoms with Gasteiger partial charge in [-0.3, -0.25) is 4.79 Å². The maximum atomic E-state index is 11.4. The molecule has 3 N–H and O–H groups in total. The first-order chi connectivity index (χ1) is 7.43. The largest absolute Gasteiger partial charge is 0.365 e. The Morgan fingerprint density at radius 3 is 2.50 bits per heavy atom. The van der Waals surface area contributed by atoms with Crippen molar-refractivity contribution in [3.63, 3.8) is 0 Å². The van der Waals surface area contributed by atoms with Crippen LogP contribution in [0.15, 0.2) is 0 Å². The Morgan fingerprint density at radius 1 is 1.38 bits per heavy atom. The van der Waals surface area contributed by atoms with Gasteiger partial charge in [-0.25, -0.2) is 9.90 Å². The molecule has 1 atom stereocenters. The van der Waals surface area contributed by atoms with Crippen molar-refractivity contribution in [1.29, 1.82) is 0 Å². The molecule has 0 fully saturated rings. The quantitative estimate of drug-likeness (QED) is 0.598. The lowest BCUT2D eigenvalue weighted by Crippen LogP contribution is -2.42. The van der Waals surface area contributed by atoms with Gasteiger partial charge >= 0.3 is 5.97 Å². The van der Waals surface area contributed by atoms with Gasteiger partial charge in [-0.15, -0.1) is 11.8 Å². The SMILES string of the molecule is CC(C)C[C@H](N)C(=O)NCCSCC([O])=O. The number of hydrogen-bond acceptors (Lipinski definition) is 4. The summed E-state index contributed by atoms with van der Waals surface area (Å²) in [5.41, 5.74) is 5.66. The molecule has 0 heterocycles. The molecule has 0 aromatic heterocycles. The first-order valence-corrected chi connectivity index (χ1v) is 6.39. The average Bonchev–Trinajstić information content (AvgIpc) is 2.15. The van der Waals surface area contributed by atoms with Gasteiger partial charge in [0.2, 0.25) is 5.91 Å². The van der Waals surface area contributed by atoms with Gasteiger partial charge in [0.15, 0.2) is 0 Å². The third kappa shape index (κ3) is 8.55. The van der Waals surface area contributed by atoms with Crippen LogP contribution in [0.2, 0.25) is 0 Å². The van der Waals surface area contributed by atoms with Crippen LogP contribution >= 0.6 is 11.8 Å². The minimum atomic E-state index is -1.09. The lowest BCUT2D eigenvalue weighted by molar-refractivity contribution is -0.139. The molecule has 0 unspecified atom stereocenters. The Labute approximate surface area is 100 Å². The lowest BCUT2D eigenvalue weighted by atomic mass is 10.0. The molecule has 0 bridgehead atoms. The zero-order chi connectivity index (χ0) is 12.6. The van der Waals surface area contributed by atoms with Crippen LogP contribution in [-0.2, 0) is 14.7 Å². The predicted octanol–water partition coefficient (Wildman–Crippen LogP) is 0.166. The monoisotopic (exact) mass is 247 g/mol. The second-order valence-electron chi connectivity index (χ2n) is 3.95. The van der Waals surface area contributed by atoms with Crippen molar-refractivity contribution in [2.45, 2.75) is 26.3 Å². The molecule has 0 aliphatic carbocycles. The number of rotatable bonds is 8. The Morgan fingerprint density at radius 2 is 2.00 bits per heavy atom. The van der Waals surface area contributed by atoms with Crippen LogP contribution in [0.25, 0.3) is 0 Å². The highest BCUT2D eigenvalue weighted by molar-refractivity contribution is 7.99. The maximum absolute atomic E-state index is 11.4. The molecule has 6 heteroatoms. The van der Waals surface area contributed by atoms with Gasteiger partial charge in [-0.05, 0) is 12.3 Å². The molecule has 16 heavy (non-hydrogen) atoms. The first-order valence-electron chi connectivity index (χ1n) is 5.24. The molecule has 93 valence electrons. The zero-order valence-corrected chi connectivity index (χ0v) is 10.5. The van der Waals surface area contributed by atoms with Gasteiger partial charge in [-0.1, -0.05) is 13.8 Å². The van der Waals surface area contributed by atoms with Gasteiger partial charge in [0.1, 0.15) is 0 Å². The molecule has 0 aliphatic rings. The molecule has 0 aliphatic heterocycles. The Balaban J connectivity index is 3.53. The topological polar surface area (TPSA) is 92.1 Å². The number of nitrogens with one attached hydrogen (secondary N) is 1. The van der Waals surface area contributed by atoms with Gasteiger partial charge in [0.25, 0.3) is 0 Å². The van der Waals surface area contributed by atoms with E-state index in [9.17, 15) is 14.7 Å². The summed E-state index contributed by atoms with van der Waals surface area (Å²) in [4.78, 5) is 21.5. The molecule has 0 spiro atoms. The number of carbonyl (C=O) groups excluding carboxylic acids is 2. The number of nitrogens with two attached hydrogens (primary N) is 1. The van der Waals surface area contributed by atoms with E-state index in [0.717, 1.165) is 0 Å². The van der Waals surface area contributed by atoms with E-state index in [-0.39, 0.29) is 11.7 Å². The summed E-state index contributed by atoms with van der Waals surface area (Å²) in [5, 5.41) is 12.7. The van der Waals surface area contributed by atoms with Crippen LogP contribution in [0, 0.1) is 5.92 Å². The summed E-state index contributed by atoms with van der Waals surface area (Å²) in [6, 6.07) is -0.480. The van der Waals surface area contributed by atoms with Crippen molar-refractivity contribution in [2.75, 3.05) is 18.1 Å². The zero-order valence-electron chi connectivity index (χ0n) is 9.69. The van der Waals surface area contributed by atoms with Crippen molar-refractivity contribution in [3.8, 4) is 0 Å². The van der Waals surface area contributed by atoms with E-state index in [2.05, 4.69) is 5.32 Å². The molecule has 0 saturated carbocycles. The highest BCUT2D eigenvalue weighted by Crippen LogP contribution is 2.02. The molecule has 5 nitrogen and oxygen atoms in total. The fraction of sp³-hybridized carbons (Fsp3) is 0.800. The van der Waals surface area contributed by atoms with Crippen molar-refractivity contribution < 1.29 is 14.7 Å². The van der Waals surface area contributed by atoms with Crippen LogP contribution in [0.5, 0.6) is 0 Å². The minimum absolute atomic E-state index is 0.0477. The molecule has 0 rings (SSSR count). The molecule has 0 saturated heterocycles. The summed E-state index contributed by atoms with van der Waals surface area (Å²) >= 11 is 1.21. The summed E-state index contributed by atoms with van der Waals surface area (Å²) in [6.07, 6.45) is 0.651. The standard InChI is InChI=1S/C10H19N2O3S/c1-7(2)5-8(11)10(15)12-3-4-16-6-9(13)14/h7-8H,3-6,11H2,1-2H3,(H,12,15)/t8-/m0/s1. The number of thioether (sulfide) groups is 1. The third-order valence-electron chi connectivity index (χ3n) is 1.83. The van der Waals surface area contributed by atoms with Crippen LogP contribution in [0.1, 0.15) is 20.3 Å². The smallest absolute Gasteiger partial charge is 0.354 e. The Kier molecular flexibility index (Phi) is 8.01. The minimum Gasteiger partial charge on any atom is -0.354 e. The highest BCUT2D eigenvalue weighted by atomic mass is 32.2. The second kappa shape index (κ2) is 8.41. The van der Waals surface area contributed by atoms with Crippen molar-refractivity contribution in [3.05, 3.63) is 0 Å². The highest BCUT2D eigenvalue weighted by Gasteiger charge is 2.13. The van der Waals surface area contributed by atoms with Crippen LogP contribution in [0.3, 0.4) is 0 Å². The van der Waals surface area contributed by atoms with Crippen LogP contribution in [-0.4, -0.2) is 36.0 Å². The van der Waals surface area contributed by atoms with Gasteiger partial charge in [0, 0.05) is 12.3 Å². The molecular formula is C10H19N2O3S. The maximum Gasteiger partial charge on any atom is 0.365 e. The molecule has 0 aromatic rings. The van der Waals surface area contributed by atoms with Gasteiger partial charge < -0.3 is 11.1 Å². The lowest BCUT2D eigenvalue weighted by Gasteiger charge is -2.13. The summed E-state index contributed by atoms with van der Waals surface area (Å²) < 4.78 is 0. The molecule has 1 radical (unpaired) electrons. The normalized spacial score (nSPS) is 12.5. The number of amides is 1. The van der Waals surface area contributed by atoms with E-state index in [1.165, 1.54) is 11.8 Å². The van der Waals surface area contributed by atoms with Gasteiger partial charge in [0.05, 0.1) is 11.8 Å².